The van der Waals surface area contributed by atoms with Crippen molar-refractivity contribution in [2.24, 2.45) is 11.8 Å². The van der Waals surface area contributed by atoms with Gasteiger partial charge in [-0.05, 0) is 51.7 Å². The number of hydrogen-bond donors (Lipinski definition) is 1. The second-order valence-electron chi connectivity index (χ2n) is 7.33. The fourth-order valence-electron chi connectivity index (χ4n) is 4.20. The number of piperazine rings is 1. The molecule has 1 heterocycles. The molecule has 0 aromatic rings. The number of nitrogens with one attached hydrogen (secondary N) is 1. The Morgan fingerprint density at radius 3 is 2.70 bits per heavy atom. The van der Waals surface area contributed by atoms with E-state index in [0.717, 1.165) is 30.5 Å². The summed E-state index contributed by atoms with van der Waals surface area (Å²) in [5.74, 6) is 1.83. The maximum Gasteiger partial charge on any atom is 0.0235 e. The Morgan fingerprint density at radius 1 is 1.20 bits per heavy atom. The highest BCUT2D eigenvalue weighted by molar-refractivity contribution is 4.88. The van der Waals surface area contributed by atoms with Crippen molar-refractivity contribution in [3.05, 3.63) is 0 Å². The van der Waals surface area contributed by atoms with E-state index in [0.29, 0.717) is 0 Å². The maximum absolute atomic E-state index is 3.81. The zero-order valence-electron chi connectivity index (χ0n) is 14.1. The van der Waals surface area contributed by atoms with Gasteiger partial charge in [-0.3, -0.25) is 0 Å². The Labute approximate surface area is 126 Å². The monoisotopic (exact) mass is 281 g/mol. The quantitative estimate of drug-likeness (QED) is 0.835. The maximum atomic E-state index is 3.81. The van der Waals surface area contributed by atoms with Gasteiger partial charge >= 0.3 is 0 Å². The van der Waals surface area contributed by atoms with E-state index in [-0.39, 0.29) is 0 Å². The van der Waals surface area contributed by atoms with Crippen LogP contribution in [-0.4, -0.2) is 62.2 Å². The van der Waals surface area contributed by atoms with Crippen molar-refractivity contribution in [1.29, 1.82) is 0 Å². The SMILES string of the molecule is CCNC(CC1CN(C)CCN1C)C1CCCC(C)C1. The summed E-state index contributed by atoms with van der Waals surface area (Å²) >= 11 is 0. The van der Waals surface area contributed by atoms with E-state index in [4.69, 9.17) is 0 Å². The molecule has 118 valence electrons. The minimum atomic E-state index is 0.724. The molecule has 0 bridgehead atoms. The van der Waals surface area contributed by atoms with Crippen molar-refractivity contribution in [1.82, 2.24) is 15.1 Å². The molecule has 0 amide bonds. The van der Waals surface area contributed by atoms with Gasteiger partial charge in [-0.25, -0.2) is 0 Å². The van der Waals surface area contributed by atoms with Crippen LogP contribution in [0.5, 0.6) is 0 Å². The van der Waals surface area contributed by atoms with Crippen LogP contribution in [0.3, 0.4) is 0 Å². The van der Waals surface area contributed by atoms with Crippen LogP contribution in [-0.2, 0) is 0 Å². The Balaban J connectivity index is 1.93. The van der Waals surface area contributed by atoms with Gasteiger partial charge in [-0.2, -0.15) is 0 Å². The summed E-state index contributed by atoms with van der Waals surface area (Å²) in [6, 6.07) is 1.46. The summed E-state index contributed by atoms with van der Waals surface area (Å²) < 4.78 is 0. The molecule has 20 heavy (non-hydrogen) atoms. The summed E-state index contributed by atoms with van der Waals surface area (Å²) in [6.07, 6.45) is 7.08. The molecular formula is C17H35N3. The van der Waals surface area contributed by atoms with Crippen LogP contribution in [0.15, 0.2) is 0 Å². The fraction of sp³-hybridized carbons (Fsp3) is 1.00. The summed E-state index contributed by atoms with van der Waals surface area (Å²) in [6.45, 7) is 9.49. The summed E-state index contributed by atoms with van der Waals surface area (Å²) in [4.78, 5) is 5.08. The largest absolute Gasteiger partial charge is 0.314 e. The van der Waals surface area contributed by atoms with Crippen LogP contribution >= 0.6 is 0 Å². The molecule has 1 aliphatic heterocycles. The van der Waals surface area contributed by atoms with Gasteiger partial charge in [0.2, 0.25) is 0 Å². The van der Waals surface area contributed by atoms with E-state index in [2.05, 4.69) is 43.1 Å². The third kappa shape index (κ3) is 4.44. The van der Waals surface area contributed by atoms with E-state index in [9.17, 15) is 0 Å². The van der Waals surface area contributed by atoms with E-state index < -0.39 is 0 Å². The first-order valence-electron chi connectivity index (χ1n) is 8.72. The second kappa shape index (κ2) is 7.77. The third-order valence-corrected chi connectivity index (χ3v) is 5.52. The molecule has 3 heteroatoms. The highest BCUT2D eigenvalue weighted by Gasteiger charge is 2.31. The third-order valence-electron chi connectivity index (χ3n) is 5.52. The van der Waals surface area contributed by atoms with E-state index in [1.807, 2.05) is 0 Å². The summed E-state index contributed by atoms with van der Waals surface area (Å²) in [5.41, 5.74) is 0. The van der Waals surface area contributed by atoms with Gasteiger partial charge in [-0.1, -0.05) is 26.7 Å². The first-order valence-corrected chi connectivity index (χ1v) is 8.72. The molecular weight excluding hydrogens is 246 g/mol. The lowest BCUT2D eigenvalue weighted by Crippen LogP contribution is -2.53. The normalized spacial score (nSPS) is 35.1. The molecule has 0 radical (unpaired) electrons. The zero-order chi connectivity index (χ0) is 14.5. The smallest absolute Gasteiger partial charge is 0.0235 e. The lowest BCUT2D eigenvalue weighted by atomic mass is 9.77. The fourth-order valence-corrected chi connectivity index (χ4v) is 4.20. The van der Waals surface area contributed by atoms with Crippen LogP contribution < -0.4 is 5.32 Å². The van der Waals surface area contributed by atoms with Crippen molar-refractivity contribution in [2.45, 2.75) is 58.0 Å². The number of rotatable bonds is 5. The molecule has 1 saturated carbocycles. The van der Waals surface area contributed by atoms with E-state index >= 15 is 0 Å². The van der Waals surface area contributed by atoms with Gasteiger partial charge in [0, 0.05) is 31.7 Å². The van der Waals surface area contributed by atoms with Gasteiger partial charge < -0.3 is 15.1 Å². The topological polar surface area (TPSA) is 18.5 Å². The highest BCUT2D eigenvalue weighted by Crippen LogP contribution is 2.32. The van der Waals surface area contributed by atoms with Crippen LogP contribution in [0.4, 0.5) is 0 Å². The Morgan fingerprint density at radius 2 is 2.00 bits per heavy atom. The lowest BCUT2D eigenvalue weighted by Gasteiger charge is -2.42. The minimum absolute atomic E-state index is 0.724. The predicted octanol–water partition coefficient (Wildman–Crippen LogP) is 2.43. The number of nitrogens with zero attached hydrogens (tertiary/aromatic N) is 2. The molecule has 1 aliphatic carbocycles. The van der Waals surface area contributed by atoms with Gasteiger partial charge in [-0.15, -0.1) is 0 Å². The highest BCUT2D eigenvalue weighted by atomic mass is 15.3. The molecule has 4 atom stereocenters. The Kier molecular flexibility index (Phi) is 6.31. The van der Waals surface area contributed by atoms with Crippen LogP contribution in [0.25, 0.3) is 0 Å². The minimum Gasteiger partial charge on any atom is -0.314 e. The standard InChI is InChI=1S/C17H35N3/c1-5-18-17(15-8-6-7-14(2)11-15)12-16-13-19(3)9-10-20(16)4/h14-18H,5-13H2,1-4H3. The van der Waals surface area contributed by atoms with Crippen LogP contribution in [0.1, 0.15) is 46.0 Å². The van der Waals surface area contributed by atoms with Crippen LogP contribution in [0, 0.1) is 11.8 Å². The summed E-state index contributed by atoms with van der Waals surface area (Å²) in [5, 5.41) is 3.81. The lowest BCUT2D eigenvalue weighted by molar-refractivity contribution is 0.0881. The molecule has 0 aromatic carbocycles. The van der Waals surface area contributed by atoms with Crippen molar-refractivity contribution in [2.75, 3.05) is 40.3 Å². The molecule has 4 unspecified atom stereocenters. The van der Waals surface area contributed by atoms with E-state index in [1.165, 1.54) is 51.7 Å². The first kappa shape index (κ1) is 16.3. The average Bonchev–Trinajstić information content (AvgIpc) is 2.42. The second-order valence-corrected chi connectivity index (χ2v) is 7.33. The van der Waals surface area contributed by atoms with Crippen molar-refractivity contribution in [3.8, 4) is 0 Å². The molecule has 0 spiro atoms. The van der Waals surface area contributed by atoms with Crippen LogP contribution in [0.2, 0.25) is 0 Å². The molecule has 1 N–H and O–H groups in total. The molecule has 0 aromatic heterocycles. The molecule has 2 aliphatic rings. The van der Waals surface area contributed by atoms with E-state index in [1.54, 1.807) is 0 Å². The first-order chi connectivity index (χ1) is 9.60. The number of hydrogen-bond acceptors (Lipinski definition) is 3. The van der Waals surface area contributed by atoms with Gasteiger partial charge in [0.15, 0.2) is 0 Å². The molecule has 2 fully saturated rings. The zero-order valence-corrected chi connectivity index (χ0v) is 14.1. The van der Waals surface area contributed by atoms with Crippen molar-refractivity contribution in [3.63, 3.8) is 0 Å². The molecule has 1 saturated heterocycles. The molecule has 3 nitrogen and oxygen atoms in total. The number of likely N-dealkylation sites (N-methyl/N-ethyl adjacent to an activating group) is 2. The predicted molar refractivity (Wildman–Crippen MR) is 87.1 cm³/mol. The van der Waals surface area contributed by atoms with Crippen molar-refractivity contribution < 1.29 is 0 Å². The summed E-state index contributed by atoms with van der Waals surface area (Å²) in [7, 11) is 4.58. The van der Waals surface area contributed by atoms with Crippen molar-refractivity contribution >= 4 is 0 Å². The van der Waals surface area contributed by atoms with Gasteiger partial charge in [0.1, 0.15) is 0 Å². The average molecular weight is 281 g/mol. The Hall–Kier alpha value is -0.120. The molecule has 2 rings (SSSR count). The van der Waals surface area contributed by atoms with Gasteiger partial charge in [0.05, 0.1) is 0 Å². The Bertz CT molecular complexity index is 277. The van der Waals surface area contributed by atoms with Gasteiger partial charge in [0.25, 0.3) is 0 Å².